The molecule has 4 aromatic rings. The Labute approximate surface area is 163 Å². The Hall–Kier alpha value is -2.76. The number of aryl methyl sites for hydroxylation is 1. The van der Waals surface area contributed by atoms with Crippen LogP contribution in [0.3, 0.4) is 0 Å². The molecule has 2 aromatic carbocycles. The summed E-state index contributed by atoms with van der Waals surface area (Å²) < 4.78 is 1.83. The summed E-state index contributed by atoms with van der Waals surface area (Å²) >= 11 is 0. The predicted molar refractivity (Wildman–Crippen MR) is 112 cm³/mol. The topological polar surface area (TPSA) is 55.6 Å². The summed E-state index contributed by atoms with van der Waals surface area (Å²) in [6.07, 6.45) is 5.34. The molecule has 0 fully saturated rings. The van der Waals surface area contributed by atoms with Crippen LogP contribution in [0, 0.1) is 0 Å². The van der Waals surface area contributed by atoms with E-state index in [-0.39, 0.29) is 12.4 Å². The Morgan fingerprint density at radius 1 is 0.926 bits per heavy atom. The summed E-state index contributed by atoms with van der Waals surface area (Å²) in [6.45, 7) is 1.97. The summed E-state index contributed by atoms with van der Waals surface area (Å²) in [5, 5.41) is 18.9. The lowest BCUT2D eigenvalue weighted by Gasteiger charge is -2.14. The van der Waals surface area contributed by atoms with Crippen LogP contribution in [-0.4, -0.2) is 33.1 Å². The van der Waals surface area contributed by atoms with E-state index in [0.717, 1.165) is 52.6 Å². The lowest BCUT2D eigenvalue weighted by Crippen LogP contribution is -2.19. The van der Waals surface area contributed by atoms with E-state index in [0.29, 0.717) is 0 Å². The third kappa shape index (κ3) is 3.31. The number of halogens is 1. The zero-order chi connectivity index (χ0) is 17.5. The number of aromatic nitrogens is 4. The number of nitrogens with zero attached hydrogens (tertiary/aromatic N) is 4. The molecule has 0 amide bonds. The molecule has 5 nitrogen and oxygen atoms in total. The van der Waals surface area contributed by atoms with E-state index < -0.39 is 0 Å². The molecular formula is C21H20ClN5. The van der Waals surface area contributed by atoms with Crippen LogP contribution in [0.4, 0.5) is 0 Å². The maximum absolute atomic E-state index is 4.48. The molecule has 0 saturated heterocycles. The van der Waals surface area contributed by atoms with Gasteiger partial charge in [0, 0.05) is 36.1 Å². The summed E-state index contributed by atoms with van der Waals surface area (Å²) in [6, 6.07) is 14.8. The number of nitrogens with one attached hydrogen (secondary N) is 1. The highest BCUT2D eigenvalue weighted by Gasteiger charge is 2.09. The fraction of sp³-hybridized carbons (Fsp3) is 0.190. The molecule has 6 heteroatoms. The van der Waals surface area contributed by atoms with Crippen molar-refractivity contribution in [2.45, 2.75) is 6.42 Å². The minimum absolute atomic E-state index is 0. The van der Waals surface area contributed by atoms with Crippen LogP contribution in [0.5, 0.6) is 0 Å². The van der Waals surface area contributed by atoms with Gasteiger partial charge in [0.2, 0.25) is 0 Å². The Morgan fingerprint density at radius 2 is 1.81 bits per heavy atom. The van der Waals surface area contributed by atoms with Gasteiger partial charge in [0.15, 0.2) is 0 Å². The second-order valence-corrected chi connectivity index (χ2v) is 6.76. The van der Waals surface area contributed by atoms with E-state index in [4.69, 9.17) is 0 Å². The largest absolute Gasteiger partial charge is 0.313 e. The third-order valence-corrected chi connectivity index (χ3v) is 4.94. The molecule has 1 aliphatic heterocycles. The average molecular weight is 378 g/mol. The zero-order valence-corrected chi connectivity index (χ0v) is 15.8. The van der Waals surface area contributed by atoms with Gasteiger partial charge in [0.1, 0.15) is 0 Å². The normalized spacial score (nSPS) is 14.2. The van der Waals surface area contributed by atoms with Gasteiger partial charge in [0.25, 0.3) is 0 Å². The van der Waals surface area contributed by atoms with E-state index >= 15 is 0 Å². The first-order valence-corrected chi connectivity index (χ1v) is 8.88. The van der Waals surface area contributed by atoms with Gasteiger partial charge in [-0.1, -0.05) is 24.3 Å². The summed E-state index contributed by atoms with van der Waals surface area (Å²) in [5.74, 6) is 0. The zero-order valence-electron chi connectivity index (χ0n) is 15.0. The maximum atomic E-state index is 4.48. The van der Waals surface area contributed by atoms with Crippen molar-refractivity contribution >= 4 is 39.8 Å². The van der Waals surface area contributed by atoms with E-state index in [2.05, 4.69) is 63.1 Å². The van der Waals surface area contributed by atoms with E-state index in [1.807, 2.05) is 24.0 Å². The summed E-state index contributed by atoms with van der Waals surface area (Å²) in [5.41, 5.74) is 6.51. The van der Waals surface area contributed by atoms with Gasteiger partial charge < -0.3 is 5.32 Å². The van der Waals surface area contributed by atoms with Crippen LogP contribution in [0.1, 0.15) is 12.0 Å². The van der Waals surface area contributed by atoms with Crippen LogP contribution in [0.15, 0.2) is 54.7 Å². The fourth-order valence-electron chi connectivity index (χ4n) is 3.57. The van der Waals surface area contributed by atoms with Gasteiger partial charge in [-0.25, -0.2) is 0 Å². The van der Waals surface area contributed by atoms with Crippen molar-refractivity contribution in [3.8, 4) is 11.3 Å². The average Bonchev–Trinajstić information content (AvgIpc) is 3.07. The van der Waals surface area contributed by atoms with E-state index in [1.165, 1.54) is 11.1 Å². The molecule has 0 aliphatic carbocycles. The van der Waals surface area contributed by atoms with Crippen LogP contribution in [-0.2, 0) is 7.05 Å². The monoisotopic (exact) mass is 377 g/mol. The minimum Gasteiger partial charge on any atom is -0.313 e. The maximum Gasteiger partial charge on any atom is 0.0936 e. The van der Waals surface area contributed by atoms with Crippen LogP contribution < -0.4 is 5.32 Å². The van der Waals surface area contributed by atoms with Gasteiger partial charge in [-0.3, -0.25) is 4.68 Å². The predicted octanol–water partition coefficient (Wildman–Crippen LogP) is 3.98. The fourth-order valence-corrected chi connectivity index (χ4v) is 3.57. The molecule has 2 aromatic heterocycles. The Morgan fingerprint density at radius 3 is 2.67 bits per heavy atom. The lowest BCUT2D eigenvalue weighted by atomic mass is 9.98. The summed E-state index contributed by atoms with van der Waals surface area (Å²) in [7, 11) is 1.94. The Balaban J connectivity index is 0.00000180. The molecule has 0 radical (unpaired) electrons. The number of fused-ring (bicyclic) bond motifs is 2. The number of benzene rings is 2. The standard InChI is InChI=1S/C21H19N5.ClH/c1-26-13-18-10-16(4-5-19(18)25-26)21-12-17-3-2-15(11-20(17)23-24-21)14-6-8-22-9-7-14;/h2-6,10-13,22H,7-9H2,1H3;1H. The smallest absolute Gasteiger partial charge is 0.0936 e. The van der Waals surface area contributed by atoms with Crippen molar-refractivity contribution in [3.63, 3.8) is 0 Å². The van der Waals surface area contributed by atoms with E-state index in [9.17, 15) is 0 Å². The Kier molecular flexibility index (Phi) is 4.64. The molecule has 1 N–H and O–H groups in total. The van der Waals surface area contributed by atoms with Crippen LogP contribution in [0.25, 0.3) is 38.6 Å². The molecule has 3 heterocycles. The van der Waals surface area contributed by atoms with Crippen molar-refractivity contribution in [2.75, 3.05) is 13.1 Å². The second kappa shape index (κ2) is 7.10. The highest BCUT2D eigenvalue weighted by atomic mass is 35.5. The molecule has 0 unspecified atom stereocenters. The number of hydrogen-bond acceptors (Lipinski definition) is 4. The number of hydrogen-bond donors (Lipinski definition) is 1. The van der Waals surface area contributed by atoms with Crippen LogP contribution in [0.2, 0.25) is 0 Å². The molecule has 0 atom stereocenters. The molecule has 0 bridgehead atoms. The van der Waals surface area contributed by atoms with Crippen molar-refractivity contribution in [2.24, 2.45) is 7.05 Å². The first-order valence-electron chi connectivity index (χ1n) is 8.88. The van der Waals surface area contributed by atoms with Crippen LogP contribution >= 0.6 is 12.4 Å². The Bertz CT molecular complexity index is 1160. The summed E-state index contributed by atoms with van der Waals surface area (Å²) in [4.78, 5) is 0. The number of rotatable bonds is 2. The van der Waals surface area contributed by atoms with Crippen molar-refractivity contribution in [1.82, 2.24) is 25.3 Å². The lowest BCUT2D eigenvalue weighted by molar-refractivity contribution is 0.738. The molecule has 27 heavy (non-hydrogen) atoms. The van der Waals surface area contributed by atoms with Crippen molar-refractivity contribution < 1.29 is 0 Å². The molecule has 5 rings (SSSR count). The minimum atomic E-state index is 0. The van der Waals surface area contributed by atoms with Crippen molar-refractivity contribution in [3.05, 3.63) is 60.3 Å². The van der Waals surface area contributed by atoms with Gasteiger partial charge in [-0.05, 0) is 48.4 Å². The molecule has 0 saturated carbocycles. The van der Waals surface area contributed by atoms with Crippen molar-refractivity contribution in [1.29, 1.82) is 0 Å². The highest BCUT2D eigenvalue weighted by molar-refractivity contribution is 5.88. The first kappa shape index (κ1) is 17.6. The quantitative estimate of drug-likeness (QED) is 0.574. The SMILES string of the molecule is Cl.Cn1cc2cc(-c3cc4ccc(C5=CCNCC5)cc4nn3)ccc2n1. The molecular weight excluding hydrogens is 358 g/mol. The second-order valence-electron chi connectivity index (χ2n) is 6.76. The van der Waals surface area contributed by atoms with Gasteiger partial charge >= 0.3 is 0 Å². The van der Waals surface area contributed by atoms with Gasteiger partial charge in [-0.15, -0.1) is 22.6 Å². The molecule has 1 aliphatic rings. The van der Waals surface area contributed by atoms with Gasteiger partial charge in [-0.2, -0.15) is 5.10 Å². The first-order chi connectivity index (χ1) is 12.8. The van der Waals surface area contributed by atoms with Gasteiger partial charge in [0.05, 0.1) is 16.7 Å². The third-order valence-electron chi connectivity index (χ3n) is 4.94. The molecule has 0 spiro atoms. The van der Waals surface area contributed by atoms with E-state index in [1.54, 1.807) is 0 Å². The highest BCUT2D eigenvalue weighted by Crippen LogP contribution is 2.27. The molecule has 136 valence electrons.